The maximum absolute atomic E-state index is 11.9. The largest absolute Gasteiger partial charge is 0.497 e. The molecule has 0 aromatic heterocycles. The minimum atomic E-state index is -1.22. The fourth-order valence-corrected chi connectivity index (χ4v) is 2.65. The maximum atomic E-state index is 11.9. The fourth-order valence-electron chi connectivity index (χ4n) is 2.65. The average Bonchev–Trinajstić information content (AvgIpc) is 2.47. The highest BCUT2D eigenvalue weighted by Gasteiger charge is 2.54. The highest BCUT2D eigenvalue weighted by Crippen LogP contribution is 2.42. The van der Waals surface area contributed by atoms with Crippen LogP contribution in [0.25, 0.3) is 0 Å². The lowest BCUT2D eigenvalue weighted by Crippen LogP contribution is -2.58. The van der Waals surface area contributed by atoms with Crippen LogP contribution in [0.5, 0.6) is 5.75 Å². The molecule has 106 valence electrons. The van der Waals surface area contributed by atoms with Gasteiger partial charge in [-0.2, -0.15) is 10.5 Å². The highest BCUT2D eigenvalue weighted by atomic mass is 16.5. The van der Waals surface area contributed by atoms with E-state index in [9.17, 15) is 20.1 Å². The number of nitrogens with one attached hydrogen (secondary N) is 1. The highest BCUT2D eigenvalue weighted by molar-refractivity contribution is 6.04. The molecule has 2 amide bonds. The molecule has 6 nitrogen and oxygen atoms in total. The van der Waals surface area contributed by atoms with Crippen molar-refractivity contribution in [1.82, 2.24) is 5.32 Å². The number of hydrogen-bond donors (Lipinski definition) is 1. The Bertz CT molecular complexity index is 652. The Morgan fingerprint density at radius 1 is 1.19 bits per heavy atom. The summed E-state index contributed by atoms with van der Waals surface area (Å²) < 4.78 is 5.13. The molecule has 2 rings (SSSR count). The van der Waals surface area contributed by atoms with Gasteiger partial charge in [0.2, 0.25) is 11.8 Å². The number of nitrogens with zero attached hydrogens (tertiary/aromatic N) is 2. The molecule has 2 unspecified atom stereocenters. The molecule has 1 aliphatic heterocycles. The quantitative estimate of drug-likeness (QED) is 0.812. The number of carbonyl (C=O) groups excluding carboxylic acids is 2. The SMILES string of the molecule is COc1cccc(C2(C)C(C#N)C(=O)NC(=O)C2C#N)c1. The summed E-state index contributed by atoms with van der Waals surface area (Å²) in [6.45, 7) is 1.58. The zero-order valence-corrected chi connectivity index (χ0v) is 11.6. The third kappa shape index (κ3) is 2.11. The molecule has 21 heavy (non-hydrogen) atoms. The van der Waals surface area contributed by atoms with Gasteiger partial charge < -0.3 is 4.74 Å². The van der Waals surface area contributed by atoms with Gasteiger partial charge in [0.1, 0.15) is 17.6 Å². The van der Waals surface area contributed by atoms with E-state index in [0.717, 1.165) is 0 Å². The summed E-state index contributed by atoms with van der Waals surface area (Å²) >= 11 is 0. The number of benzene rings is 1. The van der Waals surface area contributed by atoms with Crippen LogP contribution in [0.4, 0.5) is 0 Å². The number of carbonyl (C=O) groups is 2. The molecule has 0 saturated carbocycles. The Hall–Kier alpha value is -2.86. The summed E-state index contributed by atoms with van der Waals surface area (Å²) in [7, 11) is 1.49. The van der Waals surface area contributed by atoms with E-state index in [0.29, 0.717) is 11.3 Å². The van der Waals surface area contributed by atoms with Crippen LogP contribution in [-0.4, -0.2) is 18.9 Å². The summed E-state index contributed by atoms with van der Waals surface area (Å²) in [5.41, 5.74) is -0.680. The molecule has 1 heterocycles. The maximum Gasteiger partial charge on any atom is 0.244 e. The van der Waals surface area contributed by atoms with Crippen LogP contribution >= 0.6 is 0 Å². The predicted octanol–water partition coefficient (Wildman–Crippen LogP) is 0.889. The molecule has 1 N–H and O–H groups in total. The smallest absolute Gasteiger partial charge is 0.244 e. The second-order valence-corrected chi connectivity index (χ2v) is 4.99. The van der Waals surface area contributed by atoms with Crippen molar-refractivity contribution in [3.8, 4) is 17.9 Å². The first kappa shape index (κ1) is 14.5. The summed E-state index contributed by atoms with van der Waals surface area (Å²) in [6.07, 6.45) is 0. The lowest BCUT2D eigenvalue weighted by atomic mass is 9.62. The normalized spacial score (nSPS) is 28.2. The predicted molar refractivity (Wildman–Crippen MR) is 71.7 cm³/mol. The van der Waals surface area contributed by atoms with Crippen molar-refractivity contribution in [3.63, 3.8) is 0 Å². The van der Waals surface area contributed by atoms with E-state index in [2.05, 4.69) is 5.32 Å². The van der Waals surface area contributed by atoms with Crippen LogP contribution in [0.2, 0.25) is 0 Å². The number of imide groups is 1. The molecule has 1 aromatic carbocycles. The van der Waals surface area contributed by atoms with Gasteiger partial charge in [-0.3, -0.25) is 14.9 Å². The first-order chi connectivity index (χ1) is 9.98. The number of ether oxygens (including phenoxy) is 1. The van der Waals surface area contributed by atoms with Crippen molar-refractivity contribution in [1.29, 1.82) is 10.5 Å². The summed E-state index contributed by atoms with van der Waals surface area (Å²) in [4.78, 5) is 23.9. The number of methoxy groups -OCH3 is 1. The zero-order chi connectivity index (χ0) is 15.6. The number of piperidine rings is 1. The van der Waals surface area contributed by atoms with E-state index in [-0.39, 0.29) is 0 Å². The van der Waals surface area contributed by atoms with E-state index >= 15 is 0 Å². The van der Waals surface area contributed by atoms with Crippen LogP contribution in [0, 0.1) is 34.5 Å². The molecule has 1 fully saturated rings. The van der Waals surface area contributed by atoms with E-state index < -0.39 is 29.1 Å². The third-order valence-electron chi connectivity index (χ3n) is 3.92. The molecule has 0 spiro atoms. The fraction of sp³-hybridized carbons (Fsp3) is 0.333. The second-order valence-electron chi connectivity index (χ2n) is 4.99. The lowest BCUT2D eigenvalue weighted by molar-refractivity contribution is -0.140. The Labute approximate surface area is 121 Å². The molecule has 1 aromatic rings. The Morgan fingerprint density at radius 3 is 2.24 bits per heavy atom. The first-order valence-electron chi connectivity index (χ1n) is 6.27. The van der Waals surface area contributed by atoms with Crippen LogP contribution in [0.1, 0.15) is 12.5 Å². The van der Waals surface area contributed by atoms with Crippen LogP contribution in [0.3, 0.4) is 0 Å². The van der Waals surface area contributed by atoms with Crippen molar-refractivity contribution < 1.29 is 14.3 Å². The molecular weight excluding hydrogens is 270 g/mol. The van der Waals surface area contributed by atoms with E-state index in [4.69, 9.17) is 4.74 Å². The molecule has 2 atom stereocenters. The van der Waals surface area contributed by atoms with E-state index in [1.807, 2.05) is 12.1 Å². The van der Waals surface area contributed by atoms with Gasteiger partial charge in [-0.05, 0) is 17.7 Å². The third-order valence-corrected chi connectivity index (χ3v) is 3.92. The van der Waals surface area contributed by atoms with Gasteiger partial charge in [0.05, 0.1) is 19.2 Å². The van der Waals surface area contributed by atoms with Crippen molar-refractivity contribution in [2.24, 2.45) is 11.8 Å². The van der Waals surface area contributed by atoms with Gasteiger partial charge in [-0.25, -0.2) is 0 Å². The zero-order valence-electron chi connectivity index (χ0n) is 11.6. The van der Waals surface area contributed by atoms with Crippen molar-refractivity contribution in [2.75, 3.05) is 7.11 Å². The minimum Gasteiger partial charge on any atom is -0.497 e. The van der Waals surface area contributed by atoms with Crippen molar-refractivity contribution in [2.45, 2.75) is 12.3 Å². The Morgan fingerprint density at radius 2 is 1.76 bits per heavy atom. The van der Waals surface area contributed by atoms with Gasteiger partial charge in [0, 0.05) is 5.41 Å². The molecular formula is C15H13N3O3. The molecule has 6 heteroatoms. The van der Waals surface area contributed by atoms with E-state index in [1.54, 1.807) is 31.2 Å². The van der Waals surface area contributed by atoms with Gasteiger partial charge in [0.15, 0.2) is 0 Å². The molecule has 0 bridgehead atoms. The summed E-state index contributed by atoms with van der Waals surface area (Å²) in [5, 5.41) is 20.7. The Kier molecular flexibility index (Phi) is 3.64. The second kappa shape index (κ2) is 5.26. The van der Waals surface area contributed by atoms with Gasteiger partial charge in [-0.15, -0.1) is 0 Å². The van der Waals surface area contributed by atoms with Crippen LogP contribution in [-0.2, 0) is 15.0 Å². The summed E-state index contributed by atoms with van der Waals surface area (Å²) in [6, 6.07) is 10.5. The monoisotopic (exact) mass is 283 g/mol. The number of rotatable bonds is 2. The molecule has 0 radical (unpaired) electrons. The van der Waals surface area contributed by atoms with Gasteiger partial charge in [-0.1, -0.05) is 19.1 Å². The van der Waals surface area contributed by atoms with Gasteiger partial charge in [0.25, 0.3) is 0 Å². The van der Waals surface area contributed by atoms with Crippen molar-refractivity contribution >= 4 is 11.8 Å². The van der Waals surface area contributed by atoms with E-state index in [1.165, 1.54) is 7.11 Å². The van der Waals surface area contributed by atoms with Gasteiger partial charge >= 0.3 is 0 Å². The number of nitriles is 2. The van der Waals surface area contributed by atoms with Crippen LogP contribution in [0.15, 0.2) is 24.3 Å². The number of amides is 2. The van der Waals surface area contributed by atoms with Crippen LogP contribution < -0.4 is 10.1 Å². The lowest BCUT2D eigenvalue weighted by Gasteiger charge is -2.40. The Balaban J connectivity index is 2.66. The molecule has 0 aliphatic carbocycles. The average molecular weight is 283 g/mol. The standard InChI is InChI=1S/C15H13N3O3/c1-15(9-4-3-5-10(6-9)21-2)11(7-16)13(19)18-14(20)12(15)8-17/h3-6,11-12H,1-2H3,(H,18,19,20). The summed E-state index contributed by atoms with van der Waals surface area (Å²) in [5.74, 6) is -3.10. The topological polar surface area (TPSA) is 103 Å². The molecule has 1 saturated heterocycles. The van der Waals surface area contributed by atoms with Crippen molar-refractivity contribution in [3.05, 3.63) is 29.8 Å². The molecule has 1 aliphatic rings. The first-order valence-corrected chi connectivity index (χ1v) is 6.27. The minimum absolute atomic E-state index is 0.528. The number of hydrogen-bond acceptors (Lipinski definition) is 5.